The number of unbranched alkanes of at least 4 members (excludes halogenated alkanes) is 2. The second-order valence-electron chi connectivity index (χ2n) is 3.42. The first kappa shape index (κ1) is 14.2. The van der Waals surface area contributed by atoms with Gasteiger partial charge in [0.25, 0.3) is 0 Å². The lowest BCUT2D eigenvalue weighted by atomic mass is 10.2. The molecule has 2 amide bonds. The summed E-state index contributed by atoms with van der Waals surface area (Å²) in [4.78, 5) is 11.4. The number of nitrogens with one attached hydrogen (secondary N) is 2. The first-order valence-corrected chi connectivity index (χ1v) is 7.65. The Labute approximate surface area is 110 Å². The van der Waals surface area contributed by atoms with E-state index in [0.29, 0.717) is 5.00 Å². The first-order valence-electron chi connectivity index (χ1n) is 5.73. The van der Waals surface area contributed by atoms with Gasteiger partial charge in [-0.1, -0.05) is 17.8 Å². The summed E-state index contributed by atoms with van der Waals surface area (Å²) in [7, 11) is 0. The highest BCUT2D eigenvalue weighted by Gasteiger charge is 2.01. The highest BCUT2D eigenvalue weighted by molar-refractivity contribution is 7.99. The van der Waals surface area contributed by atoms with Gasteiger partial charge in [-0.05, 0) is 24.3 Å². The Kier molecular flexibility index (Phi) is 7.74. The van der Waals surface area contributed by atoms with Crippen molar-refractivity contribution in [3.63, 3.8) is 0 Å². The molecule has 1 aromatic heterocycles. The number of carbonyl (C=O) groups is 1. The minimum Gasteiger partial charge on any atom is -0.338 e. The number of thioether (sulfide) groups is 1. The second kappa shape index (κ2) is 9.23. The lowest BCUT2D eigenvalue weighted by Gasteiger charge is -2.05. The largest absolute Gasteiger partial charge is 0.338 e. The van der Waals surface area contributed by atoms with Gasteiger partial charge in [0.15, 0.2) is 0 Å². The topological polar surface area (TPSA) is 66.9 Å². The molecule has 0 fully saturated rings. The minimum absolute atomic E-state index is 0.181. The average Bonchev–Trinajstić information content (AvgIpc) is 2.80. The monoisotopic (exact) mass is 274 g/mol. The molecule has 0 bridgehead atoms. The zero-order valence-electron chi connectivity index (χ0n) is 9.94. The Bertz CT molecular complexity index is 305. The van der Waals surface area contributed by atoms with Crippen molar-refractivity contribution < 1.29 is 4.79 Å². The van der Waals surface area contributed by atoms with E-state index in [1.807, 2.05) is 11.8 Å². The van der Waals surface area contributed by atoms with Gasteiger partial charge < -0.3 is 5.32 Å². The summed E-state index contributed by atoms with van der Waals surface area (Å²) < 4.78 is 3.66. The van der Waals surface area contributed by atoms with Crippen LogP contribution < -0.4 is 10.6 Å². The SMILES string of the molecule is CCSCCCCCNC(=O)Nc1cnns1. The van der Waals surface area contributed by atoms with Crippen LogP contribution in [0.5, 0.6) is 0 Å². The van der Waals surface area contributed by atoms with E-state index >= 15 is 0 Å². The standard InChI is InChI=1S/C10H18N4OS2/c1-2-16-7-5-3-4-6-11-10(15)13-9-8-12-14-17-9/h8H,2-7H2,1H3,(H2,11,13,15). The van der Waals surface area contributed by atoms with Gasteiger partial charge in [0.1, 0.15) is 5.00 Å². The molecule has 7 heteroatoms. The average molecular weight is 274 g/mol. The number of carbonyl (C=O) groups excluding carboxylic acids is 1. The molecule has 0 aliphatic carbocycles. The normalized spacial score (nSPS) is 10.2. The van der Waals surface area contributed by atoms with E-state index in [-0.39, 0.29) is 6.03 Å². The van der Waals surface area contributed by atoms with E-state index in [0.717, 1.165) is 19.4 Å². The van der Waals surface area contributed by atoms with Crippen LogP contribution >= 0.6 is 23.3 Å². The first-order chi connectivity index (χ1) is 8.33. The molecule has 0 saturated carbocycles. The Morgan fingerprint density at radius 1 is 1.47 bits per heavy atom. The molecule has 17 heavy (non-hydrogen) atoms. The van der Waals surface area contributed by atoms with Crippen LogP contribution in [0.4, 0.5) is 9.80 Å². The van der Waals surface area contributed by atoms with Crippen LogP contribution in [0.2, 0.25) is 0 Å². The van der Waals surface area contributed by atoms with Crippen molar-refractivity contribution in [2.75, 3.05) is 23.4 Å². The smallest absolute Gasteiger partial charge is 0.319 e. The Morgan fingerprint density at radius 2 is 2.35 bits per heavy atom. The van der Waals surface area contributed by atoms with Crippen LogP contribution in [-0.4, -0.2) is 33.7 Å². The molecular weight excluding hydrogens is 256 g/mol. The third kappa shape index (κ3) is 7.17. The van der Waals surface area contributed by atoms with Gasteiger partial charge in [-0.25, -0.2) is 4.79 Å². The second-order valence-corrected chi connectivity index (χ2v) is 5.60. The van der Waals surface area contributed by atoms with Gasteiger partial charge in [-0.3, -0.25) is 5.32 Å². The minimum atomic E-state index is -0.181. The predicted octanol–water partition coefficient (Wildman–Crippen LogP) is 2.58. The van der Waals surface area contributed by atoms with Crippen LogP contribution in [0.15, 0.2) is 6.20 Å². The summed E-state index contributed by atoms with van der Waals surface area (Å²) in [6.45, 7) is 2.89. The summed E-state index contributed by atoms with van der Waals surface area (Å²) in [6.07, 6.45) is 4.95. The molecule has 0 spiro atoms. The fourth-order valence-corrected chi connectivity index (χ4v) is 2.34. The molecule has 1 heterocycles. The van der Waals surface area contributed by atoms with E-state index < -0.39 is 0 Å². The zero-order valence-corrected chi connectivity index (χ0v) is 11.6. The van der Waals surface area contributed by atoms with Gasteiger partial charge >= 0.3 is 6.03 Å². The van der Waals surface area contributed by atoms with Crippen LogP contribution in [0.3, 0.4) is 0 Å². The van der Waals surface area contributed by atoms with Crippen LogP contribution in [0, 0.1) is 0 Å². The number of amides is 2. The molecule has 2 N–H and O–H groups in total. The summed E-state index contributed by atoms with van der Waals surface area (Å²) in [5, 5.41) is 9.78. The van der Waals surface area contributed by atoms with Crippen molar-refractivity contribution in [3.05, 3.63) is 6.20 Å². The fourth-order valence-electron chi connectivity index (χ4n) is 1.23. The third-order valence-electron chi connectivity index (χ3n) is 2.05. The number of rotatable bonds is 8. The molecule has 0 aliphatic rings. The number of nitrogens with zero attached hydrogens (tertiary/aromatic N) is 2. The van der Waals surface area contributed by atoms with E-state index in [2.05, 4.69) is 27.1 Å². The molecule has 0 aromatic carbocycles. The van der Waals surface area contributed by atoms with E-state index in [4.69, 9.17) is 0 Å². The molecule has 1 aromatic rings. The van der Waals surface area contributed by atoms with Gasteiger partial charge in [-0.2, -0.15) is 11.8 Å². The molecular formula is C10H18N4OS2. The van der Waals surface area contributed by atoms with E-state index in [9.17, 15) is 4.79 Å². The molecule has 5 nitrogen and oxygen atoms in total. The Hall–Kier alpha value is -0.820. The van der Waals surface area contributed by atoms with E-state index in [1.54, 1.807) is 0 Å². The third-order valence-corrected chi connectivity index (χ3v) is 3.62. The zero-order chi connectivity index (χ0) is 12.3. The summed E-state index contributed by atoms with van der Waals surface area (Å²) in [5.41, 5.74) is 0. The summed E-state index contributed by atoms with van der Waals surface area (Å²) >= 11 is 3.13. The molecule has 0 unspecified atom stereocenters. The number of hydrogen-bond acceptors (Lipinski definition) is 5. The van der Waals surface area contributed by atoms with Crippen molar-refractivity contribution >= 4 is 34.3 Å². The molecule has 96 valence electrons. The lowest BCUT2D eigenvalue weighted by Crippen LogP contribution is -2.29. The van der Waals surface area contributed by atoms with Crippen LogP contribution in [0.1, 0.15) is 26.2 Å². The lowest BCUT2D eigenvalue weighted by molar-refractivity contribution is 0.252. The summed E-state index contributed by atoms with van der Waals surface area (Å²) in [6, 6.07) is -0.181. The number of anilines is 1. The molecule has 0 saturated heterocycles. The molecule has 0 atom stereocenters. The van der Waals surface area contributed by atoms with Crippen molar-refractivity contribution in [1.82, 2.24) is 14.9 Å². The van der Waals surface area contributed by atoms with Crippen molar-refractivity contribution in [2.45, 2.75) is 26.2 Å². The predicted molar refractivity (Wildman–Crippen MR) is 73.8 cm³/mol. The van der Waals surface area contributed by atoms with Crippen LogP contribution in [0.25, 0.3) is 0 Å². The Morgan fingerprint density at radius 3 is 3.06 bits per heavy atom. The quantitative estimate of drug-likeness (QED) is 0.715. The number of urea groups is 1. The highest BCUT2D eigenvalue weighted by Crippen LogP contribution is 2.08. The summed E-state index contributed by atoms with van der Waals surface area (Å²) in [5.74, 6) is 2.40. The highest BCUT2D eigenvalue weighted by atomic mass is 32.2. The Balaban J connectivity index is 1.94. The molecule has 1 rings (SSSR count). The maximum Gasteiger partial charge on any atom is 0.319 e. The molecule has 0 radical (unpaired) electrons. The number of aromatic nitrogens is 2. The molecule has 0 aliphatic heterocycles. The van der Waals surface area contributed by atoms with Gasteiger partial charge in [0.2, 0.25) is 0 Å². The fraction of sp³-hybridized carbons (Fsp3) is 0.700. The van der Waals surface area contributed by atoms with Crippen molar-refractivity contribution in [3.8, 4) is 0 Å². The number of hydrogen-bond donors (Lipinski definition) is 2. The van der Waals surface area contributed by atoms with Gasteiger partial charge in [0, 0.05) is 18.1 Å². The van der Waals surface area contributed by atoms with Crippen molar-refractivity contribution in [2.24, 2.45) is 0 Å². The van der Waals surface area contributed by atoms with Crippen molar-refractivity contribution in [1.29, 1.82) is 0 Å². The van der Waals surface area contributed by atoms with Gasteiger partial charge in [0.05, 0.1) is 6.20 Å². The van der Waals surface area contributed by atoms with Gasteiger partial charge in [-0.15, -0.1) is 5.10 Å². The van der Waals surface area contributed by atoms with E-state index in [1.165, 1.54) is 35.7 Å². The van der Waals surface area contributed by atoms with Crippen LogP contribution in [-0.2, 0) is 0 Å². The maximum atomic E-state index is 11.4. The maximum absolute atomic E-state index is 11.4.